The molecule has 2 aliphatic rings. The molecule has 2 atom stereocenters. The molecule has 2 heterocycles. The number of aliphatic hydroxyl groups is 1. The van der Waals surface area contributed by atoms with Gasteiger partial charge in [-0.25, -0.2) is 4.39 Å². The minimum atomic E-state index is -0.552. The van der Waals surface area contributed by atoms with Crippen LogP contribution in [-0.4, -0.2) is 74.8 Å². The summed E-state index contributed by atoms with van der Waals surface area (Å²) in [5.74, 6) is 1.26. The number of hydrogen-bond donors (Lipinski definition) is 1. The first-order chi connectivity index (χ1) is 14.2. The number of anilines is 1. The van der Waals surface area contributed by atoms with Crippen LogP contribution in [0.25, 0.3) is 0 Å². The Bertz CT molecular complexity index is 791. The van der Waals surface area contributed by atoms with Gasteiger partial charge in [-0.1, -0.05) is 12.1 Å². The SMILES string of the molecule is Cl.Cl.OC(COCC1COc2ccccc2O1)CN1CCN(c2ccc(F)cc2)CC1. The third-order valence-corrected chi connectivity index (χ3v) is 5.21. The maximum absolute atomic E-state index is 13.1. The highest BCUT2D eigenvalue weighted by Crippen LogP contribution is 2.30. The number of aliphatic hydroxyl groups excluding tert-OH is 1. The first-order valence-corrected chi connectivity index (χ1v) is 10.0. The zero-order valence-electron chi connectivity index (χ0n) is 17.2. The third-order valence-electron chi connectivity index (χ3n) is 5.21. The fourth-order valence-electron chi connectivity index (χ4n) is 3.67. The fourth-order valence-corrected chi connectivity index (χ4v) is 3.67. The monoisotopic (exact) mass is 474 g/mol. The molecule has 2 aliphatic heterocycles. The van der Waals surface area contributed by atoms with Crippen LogP contribution < -0.4 is 14.4 Å². The molecule has 9 heteroatoms. The summed E-state index contributed by atoms with van der Waals surface area (Å²) in [6, 6.07) is 14.2. The molecule has 0 saturated carbocycles. The highest BCUT2D eigenvalue weighted by molar-refractivity contribution is 5.85. The van der Waals surface area contributed by atoms with Crippen molar-refractivity contribution < 1.29 is 23.7 Å². The molecule has 31 heavy (non-hydrogen) atoms. The van der Waals surface area contributed by atoms with Gasteiger partial charge in [0.1, 0.15) is 12.4 Å². The zero-order chi connectivity index (χ0) is 20.1. The molecule has 0 amide bonds. The van der Waals surface area contributed by atoms with Crippen LogP contribution in [0.4, 0.5) is 10.1 Å². The summed E-state index contributed by atoms with van der Waals surface area (Å²) in [6.45, 7) is 5.07. The smallest absolute Gasteiger partial charge is 0.161 e. The van der Waals surface area contributed by atoms with Gasteiger partial charge in [0.05, 0.1) is 19.3 Å². The van der Waals surface area contributed by atoms with E-state index in [1.54, 1.807) is 0 Å². The molecule has 4 rings (SSSR count). The molecule has 0 aliphatic carbocycles. The van der Waals surface area contributed by atoms with E-state index in [1.165, 1.54) is 12.1 Å². The molecule has 172 valence electrons. The molecule has 1 fully saturated rings. The van der Waals surface area contributed by atoms with Crippen LogP contribution in [0.1, 0.15) is 0 Å². The van der Waals surface area contributed by atoms with E-state index in [4.69, 9.17) is 14.2 Å². The molecule has 1 saturated heterocycles. The Labute approximate surface area is 194 Å². The number of para-hydroxylation sites is 2. The van der Waals surface area contributed by atoms with Crippen molar-refractivity contribution in [1.82, 2.24) is 4.90 Å². The molecule has 0 radical (unpaired) electrons. The number of benzene rings is 2. The minimum absolute atomic E-state index is 0. The van der Waals surface area contributed by atoms with Crippen LogP contribution in [0, 0.1) is 5.82 Å². The van der Waals surface area contributed by atoms with Crippen molar-refractivity contribution in [3.8, 4) is 11.5 Å². The third kappa shape index (κ3) is 7.12. The van der Waals surface area contributed by atoms with Gasteiger partial charge in [-0.2, -0.15) is 0 Å². The number of nitrogens with zero attached hydrogens (tertiary/aromatic N) is 2. The Morgan fingerprint density at radius 3 is 2.39 bits per heavy atom. The highest BCUT2D eigenvalue weighted by atomic mass is 35.5. The number of piperazine rings is 1. The van der Waals surface area contributed by atoms with E-state index in [2.05, 4.69) is 9.80 Å². The van der Waals surface area contributed by atoms with Crippen molar-refractivity contribution in [3.05, 3.63) is 54.3 Å². The summed E-state index contributed by atoms with van der Waals surface area (Å²) in [7, 11) is 0. The Morgan fingerprint density at radius 1 is 1.00 bits per heavy atom. The van der Waals surface area contributed by atoms with Gasteiger partial charge in [0, 0.05) is 38.4 Å². The number of rotatable bonds is 7. The fraction of sp³-hybridized carbons (Fsp3) is 0.455. The lowest BCUT2D eigenvalue weighted by Crippen LogP contribution is -2.49. The van der Waals surface area contributed by atoms with E-state index >= 15 is 0 Å². The van der Waals surface area contributed by atoms with E-state index in [9.17, 15) is 9.50 Å². The highest BCUT2D eigenvalue weighted by Gasteiger charge is 2.22. The van der Waals surface area contributed by atoms with Gasteiger partial charge in [0.2, 0.25) is 0 Å². The van der Waals surface area contributed by atoms with Crippen molar-refractivity contribution in [2.75, 3.05) is 57.4 Å². The Kier molecular flexibility index (Phi) is 10.1. The average molecular weight is 475 g/mol. The van der Waals surface area contributed by atoms with Crippen molar-refractivity contribution in [3.63, 3.8) is 0 Å². The van der Waals surface area contributed by atoms with Crippen LogP contribution in [0.2, 0.25) is 0 Å². The Hall–Kier alpha value is -1.77. The first-order valence-electron chi connectivity index (χ1n) is 10.0. The van der Waals surface area contributed by atoms with Crippen LogP contribution in [0.3, 0.4) is 0 Å². The minimum Gasteiger partial charge on any atom is -0.486 e. The second kappa shape index (κ2) is 12.3. The number of ether oxygens (including phenoxy) is 3. The Morgan fingerprint density at radius 2 is 1.68 bits per heavy atom. The largest absolute Gasteiger partial charge is 0.486 e. The molecule has 0 bridgehead atoms. The van der Waals surface area contributed by atoms with Crippen LogP contribution >= 0.6 is 24.8 Å². The van der Waals surface area contributed by atoms with Crippen LogP contribution in [0.5, 0.6) is 11.5 Å². The first kappa shape index (κ1) is 25.5. The van der Waals surface area contributed by atoms with E-state index < -0.39 is 6.10 Å². The van der Waals surface area contributed by atoms with Gasteiger partial charge in [0.15, 0.2) is 17.6 Å². The summed E-state index contributed by atoms with van der Waals surface area (Å²) >= 11 is 0. The number of halogens is 3. The molecule has 2 aromatic rings. The normalized spacial score (nSPS) is 19.2. The number of hydrogen-bond acceptors (Lipinski definition) is 6. The molecular formula is C22H29Cl2FN2O4. The lowest BCUT2D eigenvalue weighted by molar-refractivity contribution is -0.0292. The summed E-state index contributed by atoms with van der Waals surface area (Å²) in [5.41, 5.74) is 1.03. The second-order valence-electron chi connectivity index (χ2n) is 7.45. The second-order valence-corrected chi connectivity index (χ2v) is 7.45. The predicted octanol–water partition coefficient (Wildman–Crippen LogP) is 3.01. The number of fused-ring (bicyclic) bond motifs is 1. The summed E-state index contributed by atoms with van der Waals surface area (Å²) in [6.07, 6.45) is -0.722. The van der Waals surface area contributed by atoms with Crippen LogP contribution in [-0.2, 0) is 4.74 Å². The lowest BCUT2D eigenvalue weighted by atomic mass is 10.2. The van der Waals surface area contributed by atoms with Gasteiger partial charge in [0.25, 0.3) is 0 Å². The van der Waals surface area contributed by atoms with Gasteiger partial charge in [-0.3, -0.25) is 4.90 Å². The van der Waals surface area contributed by atoms with Gasteiger partial charge in [-0.15, -0.1) is 24.8 Å². The van der Waals surface area contributed by atoms with Crippen molar-refractivity contribution in [2.45, 2.75) is 12.2 Å². The molecule has 1 N–H and O–H groups in total. The van der Waals surface area contributed by atoms with Crippen LogP contribution in [0.15, 0.2) is 48.5 Å². The van der Waals surface area contributed by atoms with E-state index in [-0.39, 0.29) is 43.3 Å². The van der Waals surface area contributed by atoms with Gasteiger partial charge in [-0.05, 0) is 36.4 Å². The standard InChI is InChI=1S/C22H27FN2O4.2ClH/c23-17-5-7-18(8-6-17)25-11-9-24(10-12-25)13-19(26)14-27-15-20-16-28-21-3-1-2-4-22(21)29-20;;/h1-8,19-20,26H,9-16H2;2*1H. The molecule has 6 nitrogen and oxygen atoms in total. The molecule has 0 aromatic heterocycles. The molecular weight excluding hydrogens is 446 g/mol. The van der Waals surface area contributed by atoms with Gasteiger partial charge < -0.3 is 24.2 Å². The van der Waals surface area contributed by atoms with Crippen molar-refractivity contribution in [2.24, 2.45) is 0 Å². The maximum atomic E-state index is 13.1. The Balaban J connectivity index is 0.00000171. The molecule has 2 aromatic carbocycles. The van der Waals surface area contributed by atoms with E-state index in [0.717, 1.165) is 43.4 Å². The molecule has 0 spiro atoms. The number of β-amino-alcohol motifs (C(OH)–C–C–N with tert-alkyl or cyclic N) is 1. The quantitative estimate of drug-likeness (QED) is 0.665. The summed E-state index contributed by atoms with van der Waals surface area (Å²) in [5, 5.41) is 10.3. The van der Waals surface area contributed by atoms with E-state index in [1.807, 2.05) is 36.4 Å². The zero-order valence-corrected chi connectivity index (χ0v) is 18.8. The maximum Gasteiger partial charge on any atom is 0.161 e. The van der Waals surface area contributed by atoms with Gasteiger partial charge >= 0.3 is 0 Å². The predicted molar refractivity (Wildman–Crippen MR) is 123 cm³/mol. The summed E-state index contributed by atoms with van der Waals surface area (Å²) < 4.78 is 30.3. The topological polar surface area (TPSA) is 54.4 Å². The van der Waals surface area contributed by atoms with Crippen molar-refractivity contribution in [1.29, 1.82) is 0 Å². The average Bonchev–Trinajstić information content (AvgIpc) is 2.75. The molecule has 2 unspecified atom stereocenters. The van der Waals surface area contributed by atoms with E-state index in [0.29, 0.717) is 19.8 Å². The van der Waals surface area contributed by atoms with Crippen molar-refractivity contribution >= 4 is 30.5 Å². The summed E-state index contributed by atoms with van der Waals surface area (Å²) in [4.78, 5) is 4.46. The lowest BCUT2D eigenvalue weighted by Gasteiger charge is -2.37.